The zero-order chi connectivity index (χ0) is 13.1. The minimum Gasteiger partial charge on any atom is -0.507 e. The van der Waals surface area contributed by atoms with Gasteiger partial charge in [0.25, 0.3) is 0 Å². The molecule has 0 saturated carbocycles. The van der Waals surface area contributed by atoms with Gasteiger partial charge in [0.2, 0.25) is 0 Å². The first-order valence-corrected chi connectivity index (χ1v) is 6.39. The van der Waals surface area contributed by atoms with Crippen LogP contribution in [0, 0.1) is 5.92 Å². The number of aromatic hydroxyl groups is 1. The highest BCUT2D eigenvalue weighted by molar-refractivity contribution is 5.44. The molecule has 0 bridgehead atoms. The molecule has 3 heteroatoms. The lowest BCUT2D eigenvalue weighted by molar-refractivity contribution is 0.453. The van der Waals surface area contributed by atoms with Gasteiger partial charge in [0.1, 0.15) is 5.75 Å². The number of aromatic amines is 1. The second-order valence-electron chi connectivity index (χ2n) is 5.19. The number of benzene rings is 1. The number of hydrogen-bond acceptors (Lipinski definition) is 2. The molecule has 2 N–H and O–H groups in total. The normalized spacial score (nSPS) is 12.9. The van der Waals surface area contributed by atoms with Crippen LogP contribution in [0.5, 0.6) is 5.75 Å². The molecule has 1 heterocycles. The first kappa shape index (κ1) is 12.7. The van der Waals surface area contributed by atoms with Crippen molar-refractivity contribution in [2.24, 2.45) is 5.92 Å². The van der Waals surface area contributed by atoms with Crippen molar-refractivity contribution in [3.8, 4) is 5.75 Å². The van der Waals surface area contributed by atoms with Crippen LogP contribution in [0.1, 0.15) is 43.5 Å². The lowest BCUT2D eigenvalue weighted by Gasteiger charge is -2.15. The van der Waals surface area contributed by atoms with Crippen LogP contribution in [0.15, 0.2) is 30.5 Å². The van der Waals surface area contributed by atoms with Crippen LogP contribution in [0.25, 0.3) is 0 Å². The van der Waals surface area contributed by atoms with Gasteiger partial charge in [-0.3, -0.25) is 5.10 Å². The molecule has 0 aliphatic heterocycles. The van der Waals surface area contributed by atoms with E-state index in [4.69, 9.17) is 0 Å². The van der Waals surface area contributed by atoms with Gasteiger partial charge in [0.05, 0.1) is 0 Å². The molecule has 3 nitrogen and oxygen atoms in total. The summed E-state index contributed by atoms with van der Waals surface area (Å²) in [6.45, 7) is 6.39. The van der Waals surface area contributed by atoms with Crippen molar-refractivity contribution >= 4 is 0 Å². The Morgan fingerprint density at radius 2 is 2.00 bits per heavy atom. The van der Waals surface area contributed by atoms with Gasteiger partial charge in [-0.2, -0.15) is 5.10 Å². The first-order chi connectivity index (χ1) is 8.59. The quantitative estimate of drug-likeness (QED) is 0.865. The van der Waals surface area contributed by atoms with E-state index in [0.717, 1.165) is 23.2 Å². The van der Waals surface area contributed by atoms with Gasteiger partial charge in [-0.15, -0.1) is 0 Å². The summed E-state index contributed by atoms with van der Waals surface area (Å²) in [5.41, 5.74) is 3.00. The molecule has 0 aliphatic rings. The van der Waals surface area contributed by atoms with Crippen molar-refractivity contribution in [2.75, 3.05) is 0 Å². The highest BCUT2D eigenvalue weighted by Gasteiger charge is 2.16. The number of phenols is 1. The highest BCUT2D eigenvalue weighted by atomic mass is 16.3. The van der Waals surface area contributed by atoms with Crippen molar-refractivity contribution in [1.82, 2.24) is 10.2 Å². The molecule has 96 valence electrons. The zero-order valence-corrected chi connectivity index (χ0v) is 11.1. The predicted molar refractivity (Wildman–Crippen MR) is 72.8 cm³/mol. The van der Waals surface area contributed by atoms with E-state index in [0.29, 0.717) is 11.7 Å². The Morgan fingerprint density at radius 1 is 1.22 bits per heavy atom. The smallest absolute Gasteiger partial charge is 0.122 e. The lowest BCUT2D eigenvalue weighted by Crippen LogP contribution is -2.01. The molecular weight excluding hydrogens is 224 g/mol. The molecule has 0 radical (unpaired) electrons. The Morgan fingerprint density at radius 3 is 2.61 bits per heavy atom. The Bertz CT molecular complexity index is 503. The molecule has 0 saturated heterocycles. The maximum absolute atomic E-state index is 10.4. The molecule has 2 aromatic rings. The minimum atomic E-state index is 0.125. The van der Waals surface area contributed by atoms with E-state index >= 15 is 0 Å². The van der Waals surface area contributed by atoms with Crippen molar-refractivity contribution < 1.29 is 5.11 Å². The number of nitrogens with one attached hydrogen (secondary N) is 1. The zero-order valence-electron chi connectivity index (χ0n) is 11.1. The summed E-state index contributed by atoms with van der Waals surface area (Å²) < 4.78 is 0. The molecule has 0 aliphatic carbocycles. The summed E-state index contributed by atoms with van der Waals surface area (Å²) in [6, 6.07) is 7.93. The molecule has 0 fully saturated rings. The molecule has 0 amide bonds. The van der Waals surface area contributed by atoms with E-state index < -0.39 is 0 Å². The van der Waals surface area contributed by atoms with E-state index in [1.165, 1.54) is 0 Å². The van der Waals surface area contributed by atoms with Crippen molar-refractivity contribution in [3.05, 3.63) is 47.3 Å². The van der Waals surface area contributed by atoms with Crippen molar-refractivity contribution in [1.29, 1.82) is 0 Å². The predicted octanol–water partition coefficient (Wildman–Crippen LogP) is 3.47. The van der Waals surface area contributed by atoms with E-state index in [9.17, 15) is 5.11 Å². The third-order valence-corrected chi connectivity index (χ3v) is 3.23. The van der Waals surface area contributed by atoms with Crippen LogP contribution in [0.4, 0.5) is 0 Å². The number of nitrogens with zero attached hydrogens (tertiary/aromatic N) is 1. The summed E-state index contributed by atoms with van der Waals surface area (Å²) in [7, 11) is 0. The number of hydrogen-bond donors (Lipinski definition) is 2. The Balaban J connectivity index is 2.34. The van der Waals surface area contributed by atoms with Gasteiger partial charge >= 0.3 is 0 Å². The molecule has 0 spiro atoms. The molecule has 1 unspecified atom stereocenters. The summed E-state index contributed by atoms with van der Waals surface area (Å²) in [6.07, 6.45) is 2.64. The van der Waals surface area contributed by atoms with Crippen LogP contribution in [-0.4, -0.2) is 15.3 Å². The number of H-pyrrole nitrogens is 1. The fraction of sp³-hybridized carbons (Fsp3) is 0.400. The minimum absolute atomic E-state index is 0.125. The topological polar surface area (TPSA) is 48.9 Å². The van der Waals surface area contributed by atoms with E-state index in [2.05, 4.69) is 31.0 Å². The monoisotopic (exact) mass is 244 g/mol. The highest BCUT2D eigenvalue weighted by Crippen LogP contribution is 2.33. The number of rotatable bonds is 4. The first-order valence-electron chi connectivity index (χ1n) is 6.39. The fourth-order valence-corrected chi connectivity index (χ4v) is 2.24. The van der Waals surface area contributed by atoms with Gasteiger partial charge in [0, 0.05) is 23.4 Å². The lowest BCUT2D eigenvalue weighted by atomic mass is 9.92. The largest absolute Gasteiger partial charge is 0.507 e. The van der Waals surface area contributed by atoms with E-state index in [1.807, 2.05) is 24.3 Å². The summed E-state index contributed by atoms with van der Waals surface area (Å²) >= 11 is 0. The van der Waals surface area contributed by atoms with Crippen LogP contribution in [0.3, 0.4) is 0 Å². The standard InChI is InChI=1S/C15H20N2O/c1-10(2)9-12-5-4-6-13(15(12)18)11(3)14-7-8-16-17-14/h4-8,10-11,18H,9H2,1-3H3,(H,16,17). The average molecular weight is 244 g/mol. The van der Waals surface area contributed by atoms with Crippen molar-refractivity contribution in [3.63, 3.8) is 0 Å². The van der Waals surface area contributed by atoms with Crippen LogP contribution < -0.4 is 0 Å². The maximum Gasteiger partial charge on any atom is 0.122 e. The summed E-state index contributed by atoms with van der Waals surface area (Å²) in [5, 5.41) is 17.3. The van der Waals surface area contributed by atoms with Gasteiger partial charge in [-0.25, -0.2) is 0 Å². The molecule has 1 atom stereocenters. The average Bonchev–Trinajstić information content (AvgIpc) is 2.84. The second-order valence-corrected chi connectivity index (χ2v) is 5.19. The molecule has 2 rings (SSSR count). The molecular formula is C15H20N2O. The van der Waals surface area contributed by atoms with Gasteiger partial charge in [0.15, 0.2) is 0 Å². The fourth-order valence-electron chi connectivity index (χ4n) is 2.24. The number of aromatic nitrogens is 2. The summed E-state index contributed by atoms with van der Waals surface area (Å²) in [4.78, 5) is 0. The van der Waals surface area contributed by atoms with Gasteiger partial charge in [-0.1, -0.05) is 39.0 Å². The molecule has 1 aromatic carbocycles. The third-order valence-electron chi connectivity index (χ3n) is 3.23. The van der Waals surface area contributed by atoms with Crippen LogP contribution >= 0.6 is 0 Å². The second kappa shape index (κ2) is 5.25. The van der Waals surface area contributed by atoms with Crippen molar-refractivity contribution in [2.45, 2.75) is 33.1 Å². The molecule has 18 heavy (non-hydrogen) atoms. The SMILES string of the molecule is CC(C)Cc1cccc(C(C)c2ccn[nH]2)c1O. The van der Waals surface area contributed by atoms with Gasteiger partial charge in [-0.05, 0) is 24.0 Å². The molecule has 1 aromatic heterocycles. The maximum atomic E-state index is 10.4. The van der Waals surface area contributed by atoms with E-state index in [-0.39, 0.29) is 5.92 Å². The van der Waals surface area contributed by atoms with E-state index in [1.54, 1.807) is 6.20 Å². The van der Waals surface area contributed by atoms with Crippen LogP contribution in [-0.2, 0) is 6.42 Å². The summed E-state index contributed by atoms with van der Waals surface area (Å²) in [5.74, 6) is 1.08. The van der Waals surface area contributed by atoms with Gasteiger partial charge < -0.3 is 5.11 Å². The Labute approximate surface area is 108 Å². The van der Waals surface area contributed by atoms with Crippen LogP contribution in [0.2, 0.25) is 0 Å². The Hall–Kier alpha value is -1.77. The Kier molecular flexibility index (Phi) is 3.70. The number of phenolic OH excluding ortho intramolecular Hbond substituents is 1. The third kappa shape index (κ3) is 2.55. The number of para-hydroxylation sites is 1.